The first kappa shape index (κ1) is 11.9. The van der Waals surface area contributed by atoms with E-state index in [0.717, 1.165) is 34.8 Å². The summed E-state index contributed by atoms with van der Waals surface area (Å²) in [5.74, 6) is 0. The summed E-state index contributed by atoms with van der Waals surface area (Å²) in [6.07, 6.45) is 1.72. The summed E-state index contributed by atoms with van der Waals surface area (Å²) in [5, 5.41) is 5.31. The summed E-state index contributed by atoms with van der Waals surface area (Å²) < 4.78 is 5.62. The molecule has 1 aromatic heterocycles. The maximum Gasteiger partial charge on any atom is 0.157 e. The molecule has 0 saturated carbocycles. The Labute approximate surface area is 112 Å². The molecule has 1 aromatic carbocycles. The van der Waals surface area contributed by atoms with E-state index in [1.165, 1.54) is 0 Å². The van der Waals surface area contributed by atoms with E-state index in [9.17, 15) is 0 Å². The smallest absolute Gasteiger partial charge is 0.157 e. The molecule has 2 atom stereocenters. The van der Waals surface area contributed by atoms with E-state index in [4.69, 9.17) is 16.0 Å². The minimum Gasteiger partial charge on any atom is -0.462 e. The first-order chi connectivity index (χ1) is 8.65. The van der Waals surface area contributed by atoms with Gasteiger partial charge in [0.25, 0.3) is 0 Å². The van der Waals surface area contributed by atoms with Crippen molar-refractivity contribution in [3.8, 4) is 0 Å². The number of hydrogen-bond donors (Lipinski definition) is 1. The fourth-order valence-electron chi connectivity index (χ4n) is 2.60. The predicted molar refractivity (Wildman–Crippen MR) is 75.5 cm³/mol. The molecule has 3 rings (SSSR count). The predicted octanol–water partition coefficient (Wildman–Crippen LogP) is 3.27. The van der Waals surface area contributed by atoms with Crippen LogP contribution >= 0.6 is 11.6 Å². The van der Waals surface area contributed by atoms with Crippen molar-refractivity contribution in [2.45, 2.75) is 25.9 Å². The van der Waals surface area contributed by atoms with Crippen LogP contribution in [0.5, 0.6) is 0 Å². The first-order valence-corrected chi connectivity index (χ1v) is 6.69. The third-order valence-electron chi connectivity index (χ3n) is 3.57. The Kier molecular flexibility index (Phi) is 2.96. The molecular formula is C14H17ClN2O. The molecular weight excluding hydrogens is 248 g/mol. The topological polar surface area (TPSA) is 28.4 Å². The second-order valence-corrected chi connectivity index (χ2v) is 5.51. The lowest BCUT2D eigenvalue weighted by Crippen LogP contribution is -2.54. The number of nitrogens with zero attached hydrogens (tertiary/aromatic N) is 1. The molecule has 4 heteroatoms. The third kappa shape index (κ3) is 1.98. The highest BCUT2D eigenvalue weighted by molar-refractivity contribution is 6.31. The Morgan fingerprint density at radius 3 is 3.06 bits per heavy atom. The van der Waals surface area contributed by atoms with Gasteiger partial charge >= 0.3 is 0 Å². The largest absolute Gasteiger partial charge is 0.462 e. The van der Waals surface area contributed by atoms with Gasteiger partial charge < -0.3 is 14.6 Å². The molecule has 0 radical (unpaired) electrons. The maximum atomic E-state index is 6.20. The van der Waals surface area contributed by atoms with Gasteiger partial charge in [-0.15, -0.1) is 0 Å². The van der Waals surface area contributed by atoms with Crippen molar-refractivity contribution in [3.63, 3.8) is 0 Å². The standard InChI is InChI=1S/C14H17ClN2O/c1-9-8-17(10(2)7-16-9)13-6-12(15)5-11-3-4-18-14(11)13/h3-6,9-10,16H,7-8H2,1-2H3/t9-,10+/m0/s1. The zero-order valence-electron chi connectivity index (χ0n) is 10.6. The molecule has 0 aliphatic carbocycles. The number of anilines is 1. The zero-order valence-corrected chi connectivity index (χ0v) is 11.4. The Morgan fingerprint density at radius 1 is 1.39 bits per heavy atom. The molecule has 96 valence electrons. The molecule has 1 N–H and O–H groups in total. The molecule has 1 aliphatic rings. The van der Waals surface area contributed by atoms with Crippen LogP contribution in [0.4, 0.5) is 5.69 Å². The van der Waals surface area contributed by atoms with Crippen molar-refractivity contribution < 1.29 is 4.42 Å². The van der Waals surface area contributed by atoms with E-state index >= 15 is 0 Å². The fraction of sp³-hybridized carbons (Fsp3) is 0.429. The number of piperazine rings is 1. The van der Waals surface area contributed by atoms with Gasteiger partial charge in [-0.3, -0.25) is 0 Å². The van der Waals surface area contributed by atoms with Gasteiger partial charge in [0, 0.05) is 35.6 Å². The van der Waals surface area contributed by atoms with Gasteiger partial charge in [-0.05, 0) is 32.0 Å². The van der Waals surface area contributed by atoms with Gasteiger partial charge in [0.15, 0.2) is 5.58 Å². The van der Waals surface area contributed by atoms with Gasteiger partial charge in [-0.1, -0.05) is 11.6 Å². The van der Waals surface area contributed by atoms with Crippen LogP contribution in [0.1, 0.15) is 13.8 Å². The lowest BCUT2D eigenvalue weighted by atomic mass is 10.1. The SMILES string of the molecule is C[C@@H]1CN[C@@H](C)CN1c1cc(Cl)cc2ccoc12. The van der Waals surface area contributed by atoms with E-state index in [1.54, 1.807) is 6.26 Å². The Morgan fingerprint density at radius 2 is 2.22 bits per heavy atom. The lowest BCUT2D eigenvalue weighted by molar-refractivity contribution is 0.424. The van der Waals surface area contributed by atoms with Crippen LogP contribution in [0.15, 0.2) is 28.9 Å². The number of halogens is 1. The fourth-order valence-corrected chi connectivity index (χ4v) is 2.82. The highest BCUT2D eigenvalue weighted by atomic mass is 35.5. The molecule has 1 saturated heterocycles. The van der Waals surface area contributed by atoms with Crippen molar-refractivity contribution in [3.05, 3.63) is 29.5 Å². The van der Waals surface area contributed by atoms with Crippen molar-refractivity contribution in [1.29, 1.82) is 0 Å². The van der Waals surface area contributed by atoms with Crippen molar-refractivity contribution >= 4 is 28.3 Å². The summed E-state index contributed by atoms with van der Waals surface area (Å²) in [7, 11) is 0. The normalized spacial score (nSPS) is 24.7. The number of furan rings is 1. The molecule has 0 spiro atoms. The number of rotatable bonds is 1. The molecule has 1 aliphatic heterocycles. The molecule has 18 heavy (non-hydrogen) atoms. The van der Waals surface area contributed by atoms with Crippen molar-refractivity contribution in [1.82, 2.24) is 5.32 Å². The van der Waals surface area contributed by atoms with Gasteiger partial charge in [-0.2, -0.15) is 0 Å². The van der Waals surface area contributed by atoms with E-state index < -0.39 is 0 Å². The lowest BCUT2D eigenvalue weighted by Gasteiger charge is -2.39. The average Bonchev–Trinajstić information content (AvgIpc) is 2.79. The quantitative estimate of drug-likeness (QED) is 0.857. The molecule has 3 nitrogen and oxygen atoms in total. The van der Waals surface area contributed by atoms with Crippen LogP contribution < -0.4 is 10.2 Å². The third-order valence-corrected chi connectivity index (χ3v) is 3.79. The Bertz CT molecular complexity index is 566. The summed E-state index contributed by atoms with van der Waals surface area (Å²) in [6.45, 7) is 6.37. The average molecular weight is 265 g/mol. The van der Waals surface area contributed by atoms with Gasteiger partial charge in [0.05, 0.1) is 12.0 Å². The van der Waals surface area contributed by atoms with Gasteiger partial charge in [0.2, 0.25) is 0 Å². The molecule has 1 fully saturated rings. The van der Waals surface area contributed by atoms with Crippen LogP contribution in [0.3, 0.4) is 0 Å². The number of hydrogen-bond acceptors (Lipinski definition) is 3. The zero-order chi connectivity index (χ0) is 12.7. The van der Waals surface area contributed by atoms with E-state index in [-0.39, 0.29) is 0 Å². The highest BCUT2D eigenvalue weighted by Gasteiger charge is 2.25. The van der Waals surface area contributed by atoms with Crippen molar-refractivity contribution in [2.24, 2.45) is 0 Å². The second kappa shape index (κ2) is 4.48. The Balaban J connectivity index is 2.09. The second-order valence-electron chi connectivity index (χ2n) is 5.07. The minimum atomic E-state index is 0.438. The van der Waals surface area contributed by atoms with E-state index in [2.05, 4.69) is 24.1 Å². The molecule has 0 amide bonds. The summed E-state index contributed by atoms with van der Waals surface area (Å²) in [4.78, 5) is 2.37. The van der Waals surface area contributed by atoms with E-state index in [1.807, 2.05) is 18.2 Å². The van der Waals surface area contributed by atoms with Crippen molar-refractivity contribution in [2.75, 3.05) is 18.0 Å². The van der Waals surface area contributed by atoms with Crippen LogP contribution in [-0.4, -0.2) is 25.2 Å². The monoisotopic (exact) mass is 264 g/mol. The molecule has 2 aromatic rings. The van der Waals surface area contributed by atoms with Crippen LogP contribution in [0, 0.1) is 0 Å². The first-order valence-electron chi connectivity index (χ1n) is 6.32. The minimum absolute atomic E-state index is 0.438. The van der Waals surface area contributed by atoms with E-state index in [0.29, 0.717) is 12.1 Å². The maximum absolute atomic E-state index is 6.20. The van der Waals surface area contributed by atoms with Crippen LogP contribution in [0.2, 0.25) is 5.02 Å². The van der Waals surface area contributed by atoms with Crippen LogP contribution in [-0.2, 0) is 0 Å². The number of fused-ring (bicyclic) bond motifs is 1. The number of nitrogens with one attached hydrogen (secondary N) is 1. The summed E-state index contributed by atoms with van der Waals surface area (Å²) in [5.41, 5.74) is 2.03. The molecule has 2 heterocycles. The van der Waals surface area contributed by atoms with Gasteiger partial charge in [0.1, 0.15) is 0 Å². The highest BCUT2D eigenvalue weighted by Crippen LogP contribution is 2.33. The molecule has 0 bridgehead atoms. The number of benzene rings is 1. The molecule has 0 unspecified atom stereocenters. The van der Waals surface area contributed by atoms with Gasteiger partial charge in [-0.25, -0.2) is 0 Å². The summed E-state index contributed by atoms with van der Waals surface area (Å²) in [6, 6.07) is 6.82. The Hall–Kier alpha value is -1.19. The van der Waals surface area contributed by atoms with Crippen LogP contribution in [0.25, 0.3) is 11.0 Å². The summed E-state index contributed by atoms with van der Waals surface area (Å²) >= 11 is 6.20.